The molecule has 0 spiro atoms. The van der Waals surface area contributed by atoms with E-state index in [9.17, 15) is 17.6 Å². The van der Waals surface area contributed by atoms with Gasteiger partial charge in [0.2, 0.25) is 5.60 Å². The highest BCUT2D eigenvalue weighted by Gasteiger charge is 2.49. The largest absolute Gasteiger partial charge is 0.374 e. The maximum atomic E-state index is 12.2. The fraction of sp³-hybridized carbons (Fsp3) is 0.429. The lowest BCUT2D eigenvalue weighted by atomic mass is 10.0. The molecular formula is C7H6F4OS. The van der Waals surface area contributed by atoms with Gasteiger partial charge in [0.05, 0.1) is 0 Å². The molecule has 1 aromatic rings. The molecule has 0 fully saturated rings. The van der Waals surface area contributed by atoms with E-state index >= 15 is 0 Å². The number of hydrogen-bond donors (Lipinski definition) is 1. The molecule has 1 heterocycles. The van der Waals surface area contributed by atoms with Crippen LogP contribution in [0.1, 0.15) is 4.88 Å². The Labute approximate surface area is 75.6 Å². The Bertz CT molecular complexity index is 251. The maximum absolute atomic E-state index is 12.2. The minimum absolute atomic E-state index is 0.419. The zero-order chi connectivity index (χ0) is 10.1. The number of rotatable bonds is 3. The van der Waals surface area contributed by atoms with Crippen molar-refractivity contribution in [1.82, 2.24) is 0 Å². The van der Waals surface area contributed by atoms with E-state index in [2.05, 4.69) is 0 Å². The third-order valence-electron chi connectivity index (χ3n) is 1.58. The van der Waals surface area contributed by atoms with Gasteiger partial charge in [-0.15, -0.1) is 11.3 Å². The van der Waals surface area contributed by atoms with Gasteiger partial charge in [0.1, 0.15) is 0 Å². The molecule has 74 valence electrons. The predicted octanol–water partition coefficient (Wildman–Crippen LogP) is 2.47. The van der Waals surface area contributed by atoms with Crippen molar-refractivity contribution in [3.05, 3.63) is 22.4 Å². The van der Waals surface area contributed by atoms with Crippen molar-refractivity contribution in [2.45, 2.75) is 18.5 Å². The summed E-state index contributed by atoms with van der Waals surface area (Å²) in [7, 11) is 0. The summed E-state index contributed by atoms with van der Waals surface area (Å²) in [6, 6.07) is 2.39. The maximum Gasteiger partial charge on any atom is 0.277 e. The summed E-state index contributed by atoms with van der Waals surface area (Å²) in [5.74, 6) is 0. The number of halogens is 4. The summed E-state index contributed by atoms with van der Waals surface area (Å²) in [6.07, 6.45) is -6.99. The summed E-state index contributed by atoms with van der Waals surface area (Å²) < 4.78 is 48.7. The average molecular weight is 214 g/mol. The Kier molecular flexibility index (Phi) is 2.92. The molecule has 0 bridgehead atoms. The van der Waals surface area contributed by atoms with Crippen molar-refractivity contribution < 1.29 is 22.7 Å². The van der Waals surface area contributed by atoms with Crippen LogP contribution in [0.5, 0.6) is 0 Å². The van der Waals surface area contributed by atoms with Crippen molar-refractivity contribution in [1.29, 1.82) is 0 Å². The second-order valence-corrected chi connectivity index (χ2v) is 3.35. The van der Waals surface area contributed by atoms with Crippen LogP contribution < -0.4 is 0 Å². The van der Waals surface area contributed by atoms with E-state index < -0.39 is 23.3 Å². The molecule has 6 heteroatoms. The highest BCUT2D eigenvalue weighted by molar-refractivity contribution is 7.10. The smallest absolute Gasteiger partial charge is 0.277 e. The number of alkyl halides is 4. The van der Waals surface area contributed by atoms with Crippen LogP contribution in [0.3, 0.4) is 0 Å². The van der Waals surface area contributed by atoms with Gasteiger partial charge >= 0.3 is 0 Å². The lowest BCUT2D eigenvalue weighted by Crippen LogP contribution is -2.40. The SMILES string of the molecule is OC(c1cccs1)(C(F)F)C(F)F. The summed E-state index contributed by atoms with van der Waals surface area (Å²) in [5.41, 5.74) is -3.33. The zero-order valence-electron chi connectivity index (χ0n) is 6.25. The van der Waals surface area contributed by atoms with E-state index in [1.807, 2.05) is 0 Å². The van der Waals surface area contributed by atoms with E-state index in [1.54, 1.807) is 0 Å². The van der Waals surface area contributed by atoms with Crippen molar-refractivity contribution in [2.75, 3.05) is 0 Å². The van der Waals surface area contributed by atoms with E-state index in [4.69, 9.17) is 5.11 Å². The second kappa shape index (κ2) is 3.63. The van der Waals surface area contributed by atoms with Crippen LogP contribution in [-0.4, -0.2) is 18.0 Å². The van der Waals surface area contributed by atoms with E-state index in [0.717, 1.165) is 6.07 Å². The number of thiophene rings is 1. The minimum Gasteiger partial charge on any atom is -0.374 e. The van der Waals surface area contributed by atoms with Crippen molar-refractivity contribution in [3.8, 4) is 0 Å². The standard InChI is InChI=1S/C7H6F4OS/c8-5(9)7(12,6(10)11)4-2-1-3-13-4/h1-3,5-6,12H. The molecule has 1 nitrogen and oxygen atoms in total. The van der Waals surface area contributed by atoms with Gasteiger partial charge in [-0.25, -0.2) is 17.6 Å². The fourth-order valence-corrected chi connectivity index (χ4v) is 1.64. The summed E-state index contributed by atoms with van der Waals surface area (Å²) in [5, 5.41) is 10.4. The highest BCUT2D eigenvalue weighted by atomic mass is 32.1. The molecular weight excluding hydrogens is 208 g/mol. The normalized spacial score (nSPS) is 12.8. The molecule has 0 radical (unpaired) electrons. The van der Waals surface area contributed by atoms with Gasteiger partial charge in [0, 0.05) is 4.88 Å². The first-order chi connectivity index (χ1) is 5.99. The molecule has 1 N–H and O–H groups in total. The highest BCUT2D eigenvalue weighted by Crippen LogP contribution is 2.36. The molecule has 0 amide bonds. The molecule has 0 unspecified atom stereocenters. The van der Waals surface area contributed by atoms with Gasteiger partial charge in [-0.3, -0.25) is 0 Å². The molecule has 0 saturated heterocycles. The molecule has 0 aromatic carbocycles. The van der Waals surface area contributed by atoms with Crippen LogP contribution in [0.2, 0.25) is 0 Å². The van der Waals surface area contributed by atoms with Gasteiger partial charge in [0.25, 0.3) is 12.9 Å². The summed E-state index contributed by atoms with van der Waals surface area (Å²) in [6.45, 7) is 0. The molecule has 0 aliphatic heterocycles. The lowest BCUT2D eigenvalue weighted by Gasteiger charge is -2.24. The van der Waals surface area contributed by atoms with Crippen molar-refractivity contribution >= 4 is 11.3 Å². The molecule has 13 heavy (non-hydrogen) atoms. The third-order valence-corrected chi connectivity index (χ3v) is 2.59. The third kappa shape index (κ3) is 1.68. The van der Waals surface area contributed by atoms with Gasteiger partial charge in [-0.05, 0) is 11.4 Å². The van der Waals surface area contributed by atoms with Crippen LogP contribution >= 0.6 is 11.3 Å². The second-order valence-electron chi connectivity index (χ2n) is 2.40. The van der Waals surface area contributed by atoms with E-state index in [-0.39, 0.29) is 0 Å². The number of aliphatic hydroxyl groups is 1. The van der Waals surface area contributed by atoms with Gasteiger partial charge in [0.15, 0.2) is 0 Å². The van der Waals surface area contributed by atoms with Crippen LogP contribution in [0.15, 0.2) is 17.5 Å². The van der Waals surface area contributed by atoms with Crippen LogP contribution in [0.25, 0.3) is 0 Å². The fourth-order valence-electron chi connectivity index (χ4n) is 0.817. The molecule has 0 aliphatic carbocycles. The Balaban J connectivity index is 3.06. The molecule has 1 rings (SSSR count). The van der Waals surface area contributed by atoms with Crippen molar-refractivity contribution in [3.63, 3.8) is 0 Å². The zero-order valence-corrected chi connectivity index (χ0v) is 7.07. The molecule has 0 saturated carbocycles. The summed E-state index contributed by atoms with van der Waals surface area (Å²) in [4.78, 5) is -0.419. The number of hydrogen-bond acceptors (Lipinski definition) is 2. The first kappa shape index (κ1) is 10.5. The first-order valence-electron chi connectivity index (χ1n) is 3.32. The van der Waals surface area contributed by atoms with Crippen LogP contribution in [-0.2, 0) is 5.60 Å². The quantitative estimate of drug-likeness (QED) is 0.766. The van der Waals surface area contributed by atoms with Gasteiger partial charge in [-0.1, -0.05) is 6.07 Å². The Morgan fingerprint density at radius 1 is 1.23 bits per heavy atom. The van der Waals surface area contributed by atoms with Gasteiger partial charge in [-0.2, -0.15) is 0 Å². The Hall–Kier alpha value is -0.620. The molecule has 0 aliphatic rings. The molecule has 1 aromatic heterocycles. The monoisotopic (exact) mass is 214 g/mol. The minimum atomic E-state index is -3.49. The van der Waals surface area contributed by atoms with Crippen LogP contribution in [0, 0.1) is 0 Å². The van der Waals surface area contributed by atoms with E-state index in [1.165, 1.54) is 11.4 Å². The molecule has 0 atom stereocenters. The lowest BCUT2D eigenvalue weighted by molar-refractivity contribution is -0.181. The van der Waals surface area contributed by atoms with E-state index in [0.29, 0.717) is 11.3 Å². The van der Waals surface area contributed by atoms with Crippen LogP contribution in [0.4, 0.5) is 17.6 Å². The van der Waals surface area contributed by atoms with Crippen molar-refractivity contribution in [2.24, 2.45) is 0 Å². The Morgan fingerprint density at radius 3 is 2.08 bits per heavy atom. The van der Waals surface area contributed by atoms with Gasteiger partial charge < -0.3 is 5.11 Å². The predicted molar refractivity (Wildman–Crippen MR) is 40.2 cm³/mol. The first-order valence-corrected chi connectivity index (χ1v) is 4.20. The Morgan fingerprint density at radius 2 is 1.77 bits per heavy atom. The average Bonchev–Trinajstić information content (AvgIpc) is 2.54. The summed E-state index contributed by atoms with van der Waals surface area (Å²) >= 11 is 0.677. The topological polar surface area (TPSA) is 20.2 Å².